The molecule has 2 aromatic rings. The lowest BCUT2D eigenvalue weighted by atomic mass is 9.65. The van der Waals surface area contributed by atoms with Crippen molar-refractivity contribution >= 4 is 13.7 Å². The zero-order chi connectivity index (χ0) is 22.9. The number of hydrogen-bond acceptors (Lipinski definition) is 4. The summed E-state index contributed by atoms with van der Waals surface area (Å²) in [5.74, 6) is 0.00135. The Morgan fingerprint density at radius 1 is 1.00 bits per heavy atom. The number of amides is 1. The third kappa shape index (κ3) is 6.76. The van der Waals surface area contributed by atoms with Crippen molar-refractivity contribution in [2.75, 3.05) is 13.7 Å². The lowest BCUT2D eigenvalue weighted by Crippen LogP contribution is -2.35. The maximum atomic E-state index is 12.4. The summed E-state index contributed by atoms with van der Waals surface area (Å²) >= 11 is 0. The smallest absolute Gasteiger partial charge is 0.359 e. The van der Waals surface area contributed by atoms with Gasteiger partial charge in [0.05, 0.1) is 12.7 Å². The van der Waals surface area contributed by atoms with Crippen LogP contribution in [0.25, 0.3) is 0 Å². The van der Waals surface area contributed by atoms with E-state index < -0.39 is 7.82 Å². The van der Waals surface area contributed by atoms with Crippen LogP contribution in [0.5, 0.6) is 0 Å². The molecule has 0 bridgehead atoms. The molecule has 0 heterocycles. The van der Waals surface area contributed by atoms with Gasteiger partial charge in [0.25, 0.3) is 0 Å². The molecule has 1 amide bonds. The highest BCUT2D eigenvalue weighted by Gasteiger charge is 2.40. The van der Waals surface area contributed by atoms with Crippen LogP contribution in [-0.2, 0) is 23.8 Å². The summed E-state index contributed by atoms with van der Waals surface area (Å²) in [5.41, 5.74) is 2.42. The molecule has 1 aliphatic rings. The maximum absolute atomic E-state index is 12.4. The van der Waals surface area contributed by atoms with E-state index in [2.05, 4.69) is 53.8 Å². The summed E-state index contributed by atoms with van der Waals surface area (Å²) in [6, 6.07) is 21.0. The minimum Gasteiger partial charge on any atom is -0.359 e. The standard InChI is InChI=1S/C25H34NO5P/c1-26-24(27)15-9-4-10-20-30-32(28,29)31-23-16-18-25(19-17-23,21-11-5-2-6-12-21)22-13-7-3-8-14-22/h2-3,5-8,11-14,23H,4,9-10,15-20H2,1H3,(H,26,27)(H,28,29). The Morgan fingerprint density at radius 3 is 2.09 bits per heavy atom. The summed E-state index contributed by atoms with van der Waals surface area (Å²) < 4.78 is 23.1. The molecular weight excluding hydrogens is 425 g/mol. The van der Waals surface area contributed by atoms with Gasteiger partial charge >= 0.3 is 7.82 Å². The minimum atomic E-state index is -4.10. The van der Waals surface area contributed by atoms with Crippen molar-refractivity contribution in [3.8, 4) is 0 Å². The van der Waals surface area contributed by atoms with E-state index >= 15 is 0 Å². The molecule has 0 radical (unpaired) electrons. The van der Waals surface area contributed by atoms with Crippen LogP contribution in [0.2, 0.25) is 0 Å². The van der Waals surface area contributed by atoms with E-state index in [9.17, 15) is 14.3 Å². The fraction of sp³-hybridized carbons (Fsp3) is 0.480. The van der Waals surface area contributed by atoms with Gasteiger partial charge in [-0.3, -0.25) is 13.8 Å². The molecule has 0 spiro atoms. The van der Waals surface area contributed by atoms with Crippen LogP contribution in [0.15, 0.2) is 60.7 Å². The van der Waals surface area contributed by atoms with Gasteiger partial charge < -0.3 is 10.2 Å². The van der Waals surface area contributed by atoms with Crippen molar-refractivity contribution in [2.45, 2.75) is 62.9 Å². The topological polar surface area (TPSA) is 84.9 Å². The monoisotopic (exact) mass is 459 g/mol. The van der Waals surface area contributed by atoms with Crippen molar-refractivity contribution in [3.05, 3.63) is 71.8 Å². The molecule has 32 heavy (non-hydrogen) atoms. The van der Waals surface area contributed by atoms with Crippen LogP contribution in [0, 0.1) is 0 Å². The normalized spacial score (nSPS) is 18.1. The van der Waals surface area contributed by atoms with Crippen molar-refractivity contribution < 1.29 is 23.3 Å². The first-order valence-electron chi connectivity index (χ1n) is 11.4. The Balaban J connectivity index is 1.52. The Labute approximate surface area is 191 Å². The zero-order valence-electron chi connectivity index (χ0n) is 18.7. The van der Waals surface area contributed by atoms with E-state index in [1.54, 1.807) is 7.05 Å². The first-order valence-corrected chi connectivity index (χ1v) is 12.9. The fourth-order valence-electron chi connectivity index (χ4n) is 4.54. The minimum absolute atomic E-state index is 0.00135. The summed E-state index contributed by atoms with van der Waals surface area (Å²) in [6.07, 6.45) is 5.29. The largest absolute Gasteiger partial charge is 0.472 e. The number of phosphoric ester groups is 1. The molecule has 2 aromatic carbocycles. The van der Waals surface area contributed by atoms with E-state index in [0.717, 1.165) is 25.7 Å². The van der Waals surface area contributed by atoms with Gasteiger partial charge in [-0.25, -0.2) is 4.57 Å². The van der Waals surface area contributed by atoms with Crippen LogP contribution in [-0.4, -0.2) is 30.6 Å². The molecule has 2 N–H and O–H groups in total. The number of carbonyl (C=O) groups is 1. The lowest BCUT2D eigenvalue weighted by molar-refractivity contribution is -0.120. The molecular formula is C25H34NO5P. The Kier molecular flexibility index (Phi) is 9.06. The number of unbranched alkanes of at least 4 members (excludes halogenated alkanes) is 2. The number of hydrogen-bond donors (Lipinski definition) is 2. The van der Waals surface area contributed by atoms with Crippen LogP contribution in [0.1, 0.15) is 62.5 Å². The van der Waals surface area contributed by atoms with Crippen LogP contribution >= 0.6 is 7.82 Å². The SMILES string of the molecule is CNC(=O)CCCCCOP(=O)(O)OC1CCC(c2ccccc2)(c2ccccc2)CC1. The van der Waals surface area contributed by atoms with Gasteiger partial charge in [0.15, 0.2) is 0 Å². The summed E-state index contributed by atoms with van der Waals surface area (Å²) in [7, 11) is -2.49. The van der Waals surface area contributed by atoms with Crippen LogP contribution < -0.4 is 5.32 Å². The van der Waals surface area contributed by atoms with Crippen LogP contribution in [0.4, 0.5) is 0 Å². The first kappa shape index (κ1) is 24.7. The Bertz CT molecular complexity index is 840. The molecule has 174 valence electrons. The van der Waals surface area contributed by atoms with Gasteiger partial charge in [0, 0.05) is 18.9 Å². The summed E-state index contributed by atoms with van der Waals surface area (Å²) in [4.78, 5) is 21.4. The van der Waals surface area contributed by atoms with E-state index in [-0.39, 0.29) is 24.0 Å². The molecule has 1 saturated carbocycles. The van der Waals surface area contributed by atoms with Gasteiger partial charge in [0.2, 0.25) is 5.91 Å². The molecule has 7 heteroatoms. The van der Waals surface area contributed by atoms with Gasteiger partial charge in [0.1, 0.15) is 0 Å². The van der Waals surface area contributed by atoms with Crippen LogP contribution in [0.3, 0.4) is 0 Å². The third-order valence-corrected chi connectivity index (χ3v) is 7.38. The van der Waals surface area contributed by atoms with E-state index in [0.29, 0.717) is 25.7 Å². The number of carbonyl (C=O) groups excluding carboxylic acids is 1. The molecule has 1 aliphatic carbocycles. The number of phosphoric acid groups is 1. The Morgan fingerprint density at radius 2 is 1.56 bits per heavy atom. The average molecular weight is 460 g/mol. The number of nitrogens with one attached hydrogen (secondary N) is 1. The number of rotatable bonds is 11. The molecule has 0 aromatic heterocycles. The maximum Gasteiger partial charge on any atom is 0.472 e. The number of benzene rings is 2. The second kappa shape index (κ2) is 11.8. The van der Waals surface area contributed by atoms with Gasteiger partial charge in [-0.1, -0.05) is 67.1 Å². The van der Waals surface area contributed by atoms with Crippen molar-refractivity contribution in [2.24, 2.45) is 0 Å². The van der Waals surface area contributed by atoms with E-state index in [4.69, 9.17) is 9.05 Å². The lowest BCUT2D eigenvalue weighted by Gasteiger charge is -2.41. The quantitative estimate of drug-likeness (QED) is 0.349. The summed E-state index contributed by atoms with van der Waals surface area (Å²) in [6.45, 7) is 0.145. The van der Waals surface area contributed by atoms with Gasteiger partial charge in [-0.15, -0.1) is 0 Å². The van der Waals surface area contributed by atoms with Crippen molar-refractivity contribution in [1.29, 1.82) is 0 Å². The Hall–Kier alpha value is -1.98. The van der Waals surface area contributed by atoms with E-state index in [1.807, 2.05) is 12.1 Å². The highest BCUT2D eigenvalue weighted by Crippen LogP contribution is 2.51. The molecule has 0 saturated heterocycles. The molecule has 1 fully saturated rings. The molecule has 3 rings (SSSR count). The zero-order valence-corrected chi connectivity index (χ0v) is 19.6. The average Bonchev–Trinajstić information content (AvgIpc) is 2.82. The first-order chi connectivity index (χ1) is 15.5. The predicted octanol–water partition coefficient (Wildman–Crippen LogP) is 5.36. The third-order valence-electron chi connectivity index (χ3n) is 6.30. The highest BCUT2D eigenvalue weighted by atomic mass is 31.2. The fourth-order valence-corrected chi connectivity index (χ4v) is 5.54. The molecule has 1 atom stereocenters. The van der Waals surface area contributed by atoms with Crippen molar-refractivity contribution in [3.63, 3.8) is 0 Å². The summed E-state index contributed by atoms with van der Waals surface area (Å²) in [5, 5.41) is 2.58. The predicted molar refractivity (Wildman–Crippen MR) is 125 cm³/mol. The molecule has 6 nitrogen and oxygen atoms in total. The molecule has 1 unspecified atom stereocenters. The second-order valence-electron chi connectivity index (χ2n) is 8.40. The second-order valence-corrected chi connectivity index (χ2v) is 9.81. The highest BCUT2D eigenvalue weighted by molar-refractivity contribution is 7.47. The molecule has 0 aliphatic heterocycles. The van der Waals surface area contributed by atoms with Gasteiger partial charge in [-0.2, -0.15) is 0 Å². The van der Waals surface area contributed by atoms with Crippen molar-refractivity contribution in [1.82, 2.24) is 5.32 Å². The van der Waals surface area contributed by atoms with Gasteiger partial charge in [-0.05, 0) is 49.7 Å². The van der Waals surface area contributed by atoms with E-state index in [1.165, 1.54) is 11.1 Å².